The maximum absolute atomic E-state index is 13.1. The van der Waals surface area contributed by atoms with Crippen LogP contribution in [0, 0.1) is 0 Å². The van der Waals surface area contributed by atoms with Gasteiger partial charge in [0.1, 0.15) is 9.81 Å². The number of alkyl carbamates (subject to hydrolysis) is 1. The fourth-order valence-corrected chi connectivity index (χ4v) is 7.92. The average Bonchev–Trinajstić information content (AvgIpc) is 3.70. The van der Waals surface area contributed by atoms with Crippen molar-refractivity contribution >= 4 is 65.7 Å². The fourth-order valence-electron chi connectivity index (χ4n) is 4.97. The summed E-state index contributed by atoms with van der Waals surface area (Å²) in [4.78, 5) is 31.8. The van der Waals surface area contributed by atoms with Crippen LogP contribution in [0.2, 0.25) is 0 Å². The zero-order valence-corrected chi connectivity index (χ0v) is 28.1. The second kappa shape index (κ2) is 14.3. The maximum Gasteiger partial charge on any atom is 0.407 e. The number of aryl methyl sites for hydroxylation is 1. The Morgan fingerprint density at radius 2 is 1.89 bits per heavy atom. The summed E-state index contributed by atoms with van der Waals surface area (Å²) in [6, 6.07) is 10.2. The van der Waals surface area contributed by atoms with E-state index in [-0.39, 0.29) is 16.2 Å². The molecule has 0 fully saturated rings. The van der Waals surface area contributed by atoms with Gasteiger partial charge in [-0.3, -0.25) is 24.4 Å². The van der Waals surface area contributed by atoms with E-state index in [1.165, 1.54) is 11.3 Å². The van der Waals surface area contributed by atoms with E-state index < -0.39 is 15.6 Å². The second-order valence-electron chi connectivity index (χ2n) is 11.9. The third kappa shape index (κ3) is 9.25. The number of hydrogen-bond acceptors (Lipinski definition) is 10. The molecule has 12 nitrogen and oxygen atoms in total. The normalized spacial score (nSPS) is 14.1. The van der Waals surface area contributed by atoms with Crippen LogP contribution >= 0.6 is 22.7 Å². The molecule has 3 N–H and O–H groups in total. The quantitative estimate of drug-likeness (QED) is 0.158. The van der Waals surface area contributed by atoms with Crippen molar-refractivity contribution < 1.29 is 22.7 Å². The van der Waals surface area contributed by atoms with E-state index in [2.05, 4.69) is 30.3 Å². The predicted octanol–water partition coefficient (Wildman–Crippen LogP) is 5.90. The first-order chi connectivity index (χ1) is 21.4. The zero-order chi connectivity index (χ0) is 32.0. The number of aromatic nitrogens is 3. The average molecular weight is 674 g/mol. The highest BCUT2D eigenvalue weighted by Crippen LogP contribution is 2.30. The van der Waals surface area contributed by atoms with Crippen LogP contribution in [-0.4, -0.2) is 65.3 Å². The number of hydrogen-bond donors (Lipinski definition) is 3. The van der Waals surface area contributed by atoms with Gasteiger partial charge in [0.2, 0.25) is 0 Å². The standard InChI is InChI=1S/C30H39N7O5S3/c1-30(2,3)42-29(39)31-13-6-4-5-7-14-36-15-9-16-37-22(20-36)19-24(34-37)27(38)33-28-32-23-12-11-21(18-25(23)44-28)35-45(40,41)26-10-8-17-43-26/h8,10-12,17-19,35H,4-7,9,13-16,20H2,1-3H3,(H,31,39)(H,32,33,38). The lowest BCUT2D eigenvalue weighted by Gasteiger charge is -2.20. The summed E-state index contributed by atoms with van der Waals surface area (Å²) in [5, 5.41) is 12.4. The van der Waals surface area contributed by atoms with Gasteiger partial charge in [-0.05, 0) is 82.3 Å². The highest BCUT2D eigenvalue weighted by Gasteiger charge is 2.21. The van der Waals surface area contributed by atoms with Crippen LogP contribution in [0.3, 0.4) is 0 Å². The molecule has 3 aromatic heterocycles. The molecular formula is C30H39N7O5S3. The van der Waals surface area contributed by atoms with Crippen LogP contribution in [0.5, 0.6) is 0 Å². The number of ether oxygens (including phenoxy) is 1. The molecule has 45 heavy (non-hydrogen) atoms. The highest BCUT2D eigenvalue weighted by atomic mass is 32.2. The summed E-state index contributed by atoms with van der Waals surface area (Å²) in [7, 11) is -3.66. The molecule has 0 radical (unpaired) electrons. The molecule has 0 aliphatic carbocycles. The molecule has 2 amide bonds. The van der Waals surface area contributed by atoms with Gasteiger partial charge in [-0.1, -0.05) is 30.2 Å². The number of carbonyl (C=O) groups is 2. The van der Waals surface area contributed by atoms with Crippen LogP contribution in [0.15, 0.2) is 46.0 Å². The van der Waals surface area contributed by atoms with Crippen molar-refractivity contribution in [2.24, 2.45) is 0 Å². The Morgan fingerprint density at radius 3 is 2.67 bits per heavy atom. The molecule has 0 saturated heterocycles. The Balaban J connectivity index is 1.09. The molecule has 0 spiro atoms. The monoisotopic (exact) mass is 673 g/mol. The van der Waals surface area contributed by atoms with E-state index in [0.717, 1.165) is 80.0 Å². The first-order valence-electron chi connectivity index (χ1n) is 15.0. The van der Waals surface area contributed by atoms with Crippen molar-refractivity contribution in [2.45, 2.75) is 75.8 Å². The van der Waals surface area contributed by atoms with Gasteiger partial charge in [0.15, 0.2) is 10.8 Å². The summed E-state index contributed by atoms with van der Waals surface area (Å²) in [6.45, 7) is 9.58. The number of rotatable bonds is 12. The Hall–Kier alpha value is -3.53. The molecular weight excluding hydrogens is 635 g/mol. The third-order valence-electron chi connectivity index (χ3n) is 7.02. The highest BCUT2D eigenvalue weighted by molar-refractivity contribution is 7.94. The number of thiophene rings is 1. The summed E-state index contributed by atoms with van der Waals surface area (Å²) in [5.41, 5.74) is 1.94. The molecule has 4 aromatic rings. The van der Waals surface area contributed by atoms with E-state index in [4.69, 9.17) is 4.74 Å². The number of amides is 2. The van der Waals surface area contributed by atoms with Gasteiger partial charge < -0.3 is 10.1 Å². The number of sulfonamides is 1. The number of anilines is 2. The van der Waals surface area contributed by atoms with Crippen molar-refractivity contribution in [3.05, 3.63) is 53.2 Å². The van der Waals surface area contributed by atoms with Gasteiger partial charge >= 0.3 is 6.09 Å². The summed E-state index contributed by atoms with van der Waals surface area (Å²) in [5.74, 6) is -0.334. The van der Waals surface area contributed by atoms with Crippen molar-refractivity contribution in [3.63, 3.8) is 0 Å². The summed E-state index contributed by atoms with van der Waals surface area (Å²) < 4.78 is 35.9. The van der Waals surface area contributed by atoms with Crippen molar-refractivity contribution in [1.29, 1.82) is 0 Å². The molecule has 242 valence electrons. The predicted molar refractivity (Wildman–Crippen MR) is 178 cm³/mol. The van der Waals surface area contributed by atoms with Crippen LogP contribution < -0.4 is 15.4 Å². The lowest BCUT2D eigenvalue weighted by atomic mass is 10.2. The van der Waals surface area contributed by atoms with Crippen molar-refractivity contribution in [1.82, 2.24) is 25.0 Å². The summed E-state index contributed by atoms with van der Waals surface area (Å²) >= 11 is 2.42. The molecule has 15 heteroatoms. The molecule has 5 rings (SSSR count). The number of carbonyl (C=O) groups excluding carboxylic acids is 2. The van der Waals surface area contributed by atoms with E-state index in [9.17, 15) is 18.0 Å². The first-order valence-corrected chi connectivity index (χ1v) is 18.2. The Labute approximate surface area is 271 Å². The van der Waals surface area contributed by atoms with Gasteiger partial charge in [0.25, 0.3) is 15.9 Å². The van der Waals surface area contributed by atoms with Crippen LogP contribution in [-0.2, 0) is 27.8 Å². The fraction of sp³-hybridized carbons (Fsp3) is 0.467. The number of unbranched alkanes of at least 4 members (excludes halogenated alkanes) is 3. The van der Waals surface area contributed by atoms with E-state index in [0.29, 0.717) is 28.6 Å². The number of benzene rings is 1. The van der Waals surface area contributed by atoms with E-state index in [1.807, 2.05) is 31.5 Å². The number of fused-ring (bicyclic) bond motifs is 2. The number of nitrogens with one attached hydrogen (secondary N) is 3. The maximum atomic E-state index is 13.1. The van der Waals surface area contributed by atoms with Gasteiger partial charge in [0.05, 0.1) is 21.6 Å². The lowest BCUT2D eigenvalue weighted by molar-refractivity contribution is 0.0526. The van der Waals surface area contributed by atoms with Crippen LogP contribution in [0.25, 0.3) is 10.2 Å². The Kier molecular flexibility index (Phi) is 10.4. The third-order valence-corrected chi connectivity index (χ3v) is 10.7. The largest absolute Gasteiger partial charge is 0.444 e. The van der Waals surface area contributed by atoms with Crippen molar-refractivity contribution in [3.8, 4) is 0 Å². The minimum absolute atomic E-state index is 0.239. The topological polar surface area (TPSA) is 148 Å². The number of thiazole rings is 1. The lowest BCUT2D eigenvalue weighted by Crippen LogP contribution is -2.33. The van der Waals surface area contributed by atoms with E-state index in [1.54, 1.807) is 35.7 Å². The minimum Gasteiger partial charge on any atom is -0.444 e. The van der Waals surface area contributed by atoms with E-state index >= 15 is 0 Å². The Bertz CT molecular complexity index is 1730. The molecule has 0 unspecified atom stereocenters. The smallest absolute Gasteiger partial charge is 0.407 e. The van der Waals surface area contributed by atoms with Gasteiger partial charge in [-0.2, -0.15) is 5.10 Å². The molecule has 4 heterocycles. The zero-order valence-electron chi connectivity index (χ0n) is 25.7. The van der Waals surface area contributed by atoms with Gasteiger partial charge in [0, 0.05) is 26.2 Å². The number of nitrogens with zero attached hydrogens (tertiary/aromatic N) is 4. The molecule has 0 bridgehead atoms. The molecule has 1 aromatic carbocycles. The van der Waals surface area contributed by atoms with Crippen LogP contribution in [0.4, 0.5) is 15.6 Å². The first kappa shape index (κ1) is 32.9. The van der Waals surface area contributed by atoms with Gasteiger partial charge in [-0.15, -0.1) is 11.3 Å². The molecule has 1 aliphatic heterocycles. The summed E-state index contributed by atoms with van der Waals surface area (Å²) in [6.07, 6.45) is 4.65. The Morgan fingerprint density at radius 1 is 1.07 bits per heavy atom. The molecule has 0 saturated carbocycles. The molecule has 0 atom stereocenters. The van der Waals surface area contributed by atoms with Crippen LogP contribution in [0.1, 0.15) is 69.1 Å². The molecule has 1 aliphatic rings. The second-order valence-corrected chi connectivity index (χ2v) is 15.8. The SMILES string of the molecule is CC(C)(C)OC(=O)NCCCCCCN1CCCn2nc(C(=O)Nc3nc4ccc(NS(=O)(=O)c5cccs5)cc4s3)cc2C1. The van der Waals surface area contributed by atoms with Gasteiger partial charge in [-0.25, -0.2) is 18.2 Å². The van der Waals surface area contributed by atoms with Crippen molar-refractivity contribution in [2.75, 3.05) is 29.7 Å². The minimum atomic E-state index is -3.66.